The van der Waals surface area contributed by atoms with Crippen LogP contribution in [0, 0.1) is 0 Å². The number of rotatable bonds is 4. The van der Waals surface area contributed by atoms with Crippen molar-refractivity contribution in [3.8, 4) is 0 Å². The summed E-state index contributed by atoms with van der Waals surface area (Å²) in [5.41, 5.74) is 0.238. The van der Waals surface area contributed by atoms with Gasteiger partial charge in [0, 0.05) is 17.8 Å². The number of carboxylic acids is 1. The van der Waals surface area contributed by atoms with Gasteiger partial charge in [-0.2, -0.15) is 0 Å². The van der Waals surface area contributed by atoms with Crippen molar-refractivity contribution in [1.82, 2.24) is 0 Å². The maximum Gasteiger partial charge on any atom is 1.00 e. The summed E-state index contributed by atoms with van der Waals surface area (Å²) in [6, 6.07) is 4.52. The molecule has 19 heavy (non-hydrogen) atoms. The molecule has 2 N–H and O–H groups in total. The Labute approximate surface area is 151 Å². The van der Waals surface area contributed by atoms with Crippen LogP contribution in [-0.2, 0) is 19.7 Å². The van der Waals surface area contributed by atoms with Gasteiger partial charge in [-0.3, -0.25) is 4.79 Å². The van der Waals surface area contributed by atoms with Gasteiger partial charge in [-0.05, 0) is 24.3 Å². The number of anilines is 1. The number of carboxylic acid groups (broad SMARTS) is 1. The average Bonchev–Trinajstić information content (AvgIpc) is 2.26. The fourth-order valence-electron chi connectivity index (χ4n) is 1.04. The van der Waals surface area contributed by atoms with Crippen molar-refractivity contribution in [2.45, 2.75) is 4.90 Å². The predicted octanol–water partition coefficient (Wildman–Crippen LogP) is -2.83. The summed E-state index contributed by atoms with van der Waals surface area (Å²) in [4.78, 5) is 20.9. The van der Waals surface area contributed by atoms with Crippen molar-refractivity contribution >= 4 is 27.7 Å². The zero-order valence-electron chi connectivity index (χ0n) is 9.86. The first kappa shape index (κ1) is 18.4. The summed E-state index contributed by atoms with van der Waals surface area (Å²) in [6.07, 6.45) is 1.46. The molecule has 9 heteroatoms. The van der Waals surface area contributed by atoms with E-state index < -0.39 is 26.9 Å². The molecule has 0 spiro atoms. The molecular formula is C10H8KNO6S. The molecule has 0 radical (unpaired) electrons. The van der Waals surface area contributed by atoms with Gasteiger partial charge in [-0.1, -0.05) is 0 Å². The van der Waals surface area contributed by atoms with Gasteiger partial charge in [0.15, 0.2) is 0 Å². The molecule has 7 nitrogen and oxygen atoms in total. The van der Waals surface area contributed by atoms with Crippen molar-refractivity contribution in [2.75, 3.05) is 5.32 Å². The summed E-state index contributed by atoms with van der Waals surface area (Å²) in [6.45, 7) is 0. The first-order valence-corrected chi connectivity index (χ1v) is 5.98. The second kappa shape index (κ2) is 7.90. The first-order valence-electron chi connectivity index (χ1n) is 4.57. The van der Waals surface area contributed by atoms with Crippen LogP contribution in [-0.4, -0.2) is 30.0 Å². The zero-order chi connectivity index (χ0) is 13.8. The predicted molar refractivity (Wildman–Crippen MR) is 59.8 cm³/mol. The second-order valence-corrected chi connectivity index (χ2v) is 4.52. The number of nitrogens with one attached hydrogen (secondary N) is 1. The Balaban J connectivity index is 0.00000324. The third kappa shape index (κ3) is 6.97. The molecule has 1 aromatic rings. The Kier molecular flexibility index (Phi) is 7.67. The van der Waals surface area contributed by atoms with Gasteiger partial charge in [0.1, 0.15) is 10.1 Å². The summed E-state index contributed by atoms with van der Waals surface area (Å²) in [5, 5.41) is 10.6. The maximum atomic E-state index is 11.2. The summed E-state index contributed by atoms with van der Waals surface area (Å²) in [5.74, 6) is -1.95. The van der Waals surface area contributed by atoms with Crippen LogP contribution < -0.4 is 56.7 Å². The van der Waals surface area contributed by atoms with Crippen LogP contribution in [0.1, 0.15) is 0 Å². The van der Waals surface area contributed by atoms with E-state index in [1.54, 1.807) is 0 Å². The van der Waals surface area contributed by atoms with Crippen LogP contribution in [0.15, 0.2) is 41.3 Å². The number of carbonyl (C=O) groups excluding carboxylic acids is 1. The van der Waals surface area contributed by atoms with Crippen molar-refractivity contribution in [3.63, 3.8) is 0 Å². The molecule has 0 aliphatic heterocycles. The van der Waals surface area contributed by atoms with Gasteiger partial charge in [0.25, 0.3) is 0 Å². The Hall–Kier alpha value is -0.554. The number of aliphatic carboxylic acids is 1. The van der Waals surface area contributed by atoms with Crippen LogP contribution >= 0.6 is 0 Å². The molecule has 1 rings (SSSR count). The van der Waals surface area contributed by atoms with E-state index in [0.717, 1.165) is 18.2 Å². The van der Waals surface area contributed by atoms with Gasteiger partial charge in [-0.15, -0.1) is 0 Å². The third-order valence-electron chi connectivity index (χ3n) is 1.79. The fourth-order valence-corrected chi connectivity index (χ4v) is 1.51. The molecule has 0 heterocycles. The molecule has 0 unspecified atom stereocenters. The largest absolute Gasteiger partial charge is 1.00 e. The number of carbonyl (C=O) groups is 2. The van der Waals surface area contributed by atoms with E-state index in [-0.39, 0.29) is 57.1 Å². The first-order chi connectivity index (χ1) is 8.29. The van der Waals surface area contributed by atoms with E-state index in [4.69, 9.17) is 5.11 Å². The topological polar surface area (TPSA) is 124 Å². The number of benzene rings is 1. The molecular weight excluding hydrogens is 301 g/mol. The van der Waals surface area contributed by atoms with Crippen LogP contribution in [0.4, 0.5) is 5.69 Å². The molecule has 0 fully saturated rings. The molecule has 0 aliphatic rings. The van der Waals surface area contributed by atoms with E-state index in [9.17, 15) is 22.6 Å². The Morgan fingerprint density at radius 2 is 1.68 bits per heavy atom. The SMILES string of the molecule is O=C(O)/C=C/C(=O)Nc1ccc(S(=O)(=O)[O-])cc1.[K+]. The molecule has 0 saturated heterocycles. The number of amides is 1. The van der Waals surface area contributed by atoms with Crippen molar-refractivity contribution in [2.24, 2.45) is 0 Å². The molecule has 96 valence electrons. The van der Waals surface area contributed by atoms with E-state index >= 15 is 0 Å². The quantitative estimate of drug-likeness (QED) is 0.351. The molecule has 0 atom stereocenters. The Bertz CT molecular complexity index is 593. The molecule has 1 amide bonds. The summed E-state index contributed by atoms with van der Waals surface area (Å²) >= 11 is 0. The second-order valence-electron chi connectivity index (χ2n) is 3.14. The van der Waals surface area contributed by atoms with E-state index in [1.807, 2.05) is 0 Å². The zero-order valence-corrected chi connectivity index (χ0v) is 13.8. The molecule has 0 aromatic heterocycles. The normalized spacial score (nSPS) is 10.8. The van der Waals surface area contributed by atoms with Gasteiger partial charge in [-0.25, -0.2) is 13.2 Å². The van der Waals surface area contributed by atoms with E-state index in [1.165, 1.54) is 12.1 Å². The minimum Gasteiger partial charge on any atom is -0.744 e. The van der Waals surface area contributed by atoms with Crippen molar-refractivity contribution in [3.05, 3.63) is 36.4 Å². The van der Waals surface area contributed by atoms with Crippen LogP contribution in [0.5, 0.6) is 0 Å². The number of hydrogen-bond donors (Lipinski definition) is 2. The smallest absolute Gasteiger partial charge is 0.744 e. The fraction of sp³-hybridized carbons (Fsp3) is 0. The minimum absolute atomic E-state index is 0. The van der Waals surface area contributed by atoms with E-state index in [0.29, 0.717) is 6.08 Å². The summed E-state index contributed by atoms with van der Waals surface area (Å²) < 4.78 is 31.9. The maximum absolute atomic E-state index is 11.2. The van der Waals surface area contributed by atoms with E-state index in [2.05, 4.69) is 5.32 Å². The molecule has 0 bridgehead atoms. The number of hydrogen-bond acceptors (Lipinski definition) is 5. The van der Waals surface area contributed by atoms with Gasteiger partial charge >= 0.3 is 57.4 Å². The summed E-state index contributed by atoms with van der Waals surface area (Å²) in [7, 11) is -4.52. The van der Waals surface area contributed by atoms with Gasteiger partial charge in [0.2, 0.25) is 5.91 Å². The molecule has 0 aliphatic carbocycles. The van der Waals surface area contributed by atoms with Crippen LogP contribution in [0.25, 0.3) is 0 Å². The van der Waals surface area contributed by atoms with Crippen LogP contribution in [0.3, 0.4) is 0 Å². The average molecular weight is 309 g/mol. The molecule has 1 aromatic carbocycles. The van der Waals surface area contributed by atoms with Crippen LogP contribution in [0.2, 0.25) is 0 Å². The van der Waals surface area contributed by atoms with Gasteiger partial charge in [0.05, 0.1) is 4.90 Å². The third-order valence-corrected chi connectivity index (χ3v) is 2.64. The van der Waals surface area contributed by atoms with Crippen molar-refractivity contribution in [1.29, 1.82) is 0 Å². The minimum atomic E-state index is -4.52. The molecule has 0 saturated carbocycles. The standard InChI is InChI=1S/C10H9NO6S.K/c12-9(5-6-10(13)14)11-7-1-3-8(4-2-7)18(15,16)17;/h1-6H,(H,11,12)(H,13,14)(H,15,16,17);/q;+1/p-1/b6-5+;. The monoisotopic (exact) mass is 309 g/mol. The Morgan fingerprint density at radius 1 is 1.16 bits per heavy atom. The van der Waals surface area contributed by atoms with Gasteiger partial charge < -0.3 is 15.0 Å². The van der Waals surface area contributed by atoms with Crippen molar-refractivity contribution < 1.29 is 79.1 Å². The Morgan fingerprint density at radius 3 is 2.11 bits per heavy atom.